The van der Waals surface area contributed by atoms with Crippen LogP contribution in [0.4, 0.5) is 0 Å². The second-order valence-corrected chi connectivity index (χ2v) is 7.84. The highest BCUT2D eigenvalue weighted by atomic mass is 32.2. The molecule has 1 aliphatic rings. The van der Waals surface area contributed by atoms with Crippen LogP contribution in [0.1, 0.15) is 20.8 Å². The van der Waals surface area contributed by atoms with E-state index in [4.69, 9.17) is 9.94 Å². The van der Waals surface area contributed by atoms with Gasteiger partial charge in [-0.1, -0.05) is 5.92 Å². The molecule has 0 bridgehead atoms. The van der Waals surface area contributed by atoms with Crippen LogP contribution < -0.4 is 15.5 Å². The molecule has 1 aromatic carbocycles. The lowest BCUT2D eigenvalue weighted by Crippen LogP contribution is -2.65. The van der Waals surface area contributed by atoms with Crippen molar-refractivity contribution in [3.05, 3.63) is 24.3 Å². The fraction of sp³-hybridized carbons (Fsp3) is 0.412. The number of ether oxygens (including phenoxy) is 1. The molecule has 10 heteroatoms. The summed E-state index contributed by atoms with van der Waals surface area (Å²) in [5.41, 5.74) is 1.45. The van der Waals surface area contributed by atoms with E-state index in [0.717, 1.165) is 4.31 Å². The monoisotopic (exact) mass is 395 g/mol. The second kappa shape index (κ2) is 8.39. The minimum Gasteiger partial charge on any atom is -0.478 e. The number of carbonyl (C=O) groups excluding carboxylic acids is 2. The Morgan fingerprint density at radius 3 is 2.59 bits per heavy atom. The predicted molar refractivity (Wildman–Crippen MR) is 95.2 cm³/mol. The molecule has 1 aromatic rings. The maximum absolute atomic E-state index is 13.0. The number of rotatable bonds is 5. The van der Waals surface area contributed by atoms with Crippen LogP contribution in [0.25, 0.3) is 0 Å². The minimum absolute atomic E-state index is 0.110. The number of hydrogen-bond acceptors (Lipinski definition) is 6. The Hall–Kier alpha value is -2.61. The number of hydroxylamine groups is 1. The average Bonchev–Trinajstić information content (AvgIpc) is 2.61. The summed E-state index contributed by atoms with van der Waals surface area (Å²) < 4.78 is 32.2. The number of benzene rings is 1. The first-order chi connectivity index (χ1) is 12.7. The van der Waals surface area contributed by atoms with Crippen LogP contribution in [0.5, 0.6) is 5.75 Å². The zero-order valence-corrected chi connectivity index (χ0v) is 15.9. The normalized spacial score (nSPS) is 21.4. The van der Waals surface area contributed by atoms with Crippen molar-refractivity contribution in [1.82, 2.24) is 15.1 Å². The van der Waals surface area contributed by atoms with E-state index in [1.54, 1.807) is 13.8 Å². The quantitative estimate of drug-likeness (QED) is 0.362. The molecule has 2 rings (SSSR count). The van der Waals surface area contributed by atoms with Crippen molar-refractivity contribution in [3.63, 3.8) is 0 Å². The Morgan fingerprint density at radius 1 is 1.41 bits per heavy atom. The molecule has 0 radical (unpaired) electrons. The molecule has 0 spiro atoms. The van der Waals surface area contributed by atoms with Crippen molar-refractivity contribution in [2.45, 2.75) is 43.9 Å². The maximum atomic E-state index is 13.0. The molecule has 0 saturated carbocycles. The number of nitrogens with one attached hydrogen (secondary N) is 2. The van der Waals surface area contributed by atoms with Gasteiger partial charge in [-0.15, -0.1) is 5.92 Å². The predicted octanol–water partition coefficient (Wildman–Crippen LogP) is -0.140. The molecule has 1 fully saturated rings. The van der Waals surface area contributed by atoms with E-state index >= 15 is 0 Å². The lowest BCUT2D eigenvalue weighted by Gasteiger charge is -2.37. The van der Waals surface area contributed by atoms with Crippen LogP contribution >= 0.6 is 0 Å². The van der Waals surface area contributed by atoms with Crippen LogP contribution in [0.3, 0.4) is 0 Å². The minimum atomic E-state index is -4.17. The summed E-state index contributed by atoms with van der Waals surface area (Å²) in [6.07, 6.45) is -0.360. The summed E-state index contributed by atoms with van der Waals surface area (Å²) >= 11 is 0. The van der Waals surface area contributed by atoms with Crippen molar-refractivity contribution in [2.75, 3.05) is 6.54 Å². The first-order valence-electron chi connectivity index (χ1n) is 8.15. The van der Waals surface area contributed by atoms with E-state index < -0.39 is 40.5 Å². The van der Waals surface area contributed by atoms with Gasteiger partial charge in [-0.05, 0) is 45.0 Å². The molecule has 3 atom stereocenters. The van der Waals surface area contributed by atoms with Gasteiger partial charge >= 0.3 is 0 Å². The third kappa shape index (κ3) is 4.57. The molecule has 2 amide bonds. The number of hydrogen-bond donors (Lipinski definition) is 3. The van der Waals surface area contributed by atoms with Gasteiger partial charge in [-0.2, -0.15) is 4.31 Å². The number of nitrogens with zero attached hydrogens (tertiary/aromatic N) is 1. The molecular formula is C17H21N3O6S. The molecule has 0 aliphatic carbocycles. The Kier molecular flexibility index (Phi) is 6.43. The van der Waals surface area contributed by atoms with Crippen molar-refractivity contribution in [2.24, 2.45) is 0 Å². The van der Waals surface area contributed by atoms with Gasteiger partial charge in [0.25, 0.3) is 5.91 Å². The highest BCUT2D eigenvalue weighted by Crippen LogP contribution is 2.24. The number of piperazine rings is 1. The molecule has 3 N–H and O–H groups in total. The zero-order valence-electron chi connectivity index (χ0n) is 15.1. The summed E-state index contributed by atoms with van der Waals surface area (Å²) in [5, 5.41) is 11.4. The molecule has 9 nitrogen and oxygen atoms in total. The summed E-state index contributed by atoms with van der Waals surface area (Å²) in [7, 11) is -4.17. The standard InChI is InChI=1S/C17H21N3O6S/c1-4-5-11(2)26-13-6-8-14(9-7-13)27(24,25)20-10-15(21)18-12(3)16(20)17(22)19-23/h6-9,11-12,16,23H,10H2,1-3H3,(H,18,21)(H,19,22). The Labute approximate surface area is 157 Å². The Bertz CT molecular complexity index is 872. The van der Waals surface area contributed by atoms with Crippen LogP contribution in [-0.2, 0) is 19.6 Å². The fourth-order valence-corrected chi connectivity index (χ4v) is 4.40. The van der Waals surface area contributed by atoms with Crippen LogP contribution in [0.2, 0.25) is 0 Å². The van der Waals surface area contributed by atoms with Gasteiger partial charge in [0, 0.05) is 0 Å². The highest BCUT2D eigenvalue weighted by molar-refractivity contribution is 7.89. The summed E-state index contributed by atoms with van der Waals surface area (Å²) in [6.45, 7) is 4.38. The highest BCUT2D eigenvalue weighted by Gasteiger charge is 2.44. The molecule has 1 heterocycles. The van der Waals surface area contributed by atoms with Gasteiger partial charge in [0.1, 0.15) is 11.8 Å². The summed E-state index contributed by atoms with van der Waals surface area (Å²) in [5.74, 6) is 4.49. The van der Waals surface area contributed by atoms with Crippen molar-refractivity contribution in [1.29, 1.82) is 0 Å². The fourth-order valence-electron chi connectivity index (χ4n) is 2.79. The largest absolute Gasteiger partial charge is 0.478 e. The molecule has 1 saturated heterocycles. The van der Waals surface area contributed by atoms with E-state index in [1.807, 2.05) is 0 Å². The maximum Gasteiger partial charge on any atom is 0.263 e. The van der Waals surface area contributed by atoms with Gasteiger partial charge < -0.3 is 10.1 Å². The topological polar surface area (TPSA) is 125 Å². The van der Waals surface area contributed by atoms with Crippen molar-refractivity contribution < 1.29 is 28.0 Å². The van der Waals surface area contributed by atoms with Gasteiger partial charge in [0.05, 0.1) is 17.5 Å². The first-order valence-corrected chi connectivity index (χ1v) is 9.59. The molecule has 27 heavy (non-hydrogen) atoms. The van der Waals surface area contributed by atoms with E-state index in [-0.39, 0.29) is 11.0 Å². The number of sulfonamides is 1. The van der Waals surface area contributed by atoms with Gasteiger partial charge in [0.2, 0.25) is 15.9 Å². The Morgan fingerprint density at radius 2 is 2.04 bits per heavy atom. The molecule has 1 aliphatic heterocycles. The number of amides is 2. The summed E-state index contributed by atoms with van der Waals surface area (Å²) in [6, 6.07) is 3.48. The van der Waals surface area contributed by atoms with Crippen LogP contribution in [-0.4, -0.2) is 54.5 Å². The molecule has 146 valence electrons. The third-order valence-electron chi connectivity index (χ3n) is 3.94. The smallest absolute Gasteiger partial charge is 0.263 e. The van der Waals surface area contributed by atoms with Gasteiger partial charge in [-0.3, -0.25) is 14.8 Å². The summed E-state index contributed by atoms with van der Waals surface area (Å²) in [4.78, 5) is 23.7. The van der Waals surface area contributed by atoms with Gasteiger partial charge in [0.15, 0.2) is 6.10 Å². The third-order valence-corrected chi connectivity index (χ3v) is 5.78. The molecular weight excluding hydrogens is 374 g/mol. The van der Waals surface area contributed by atoms with E-state index in [2.05, 4.69) is 17.2 Å². The van der Waals surface area contributed by atoms with Crippen molar-refractivity contribution >= 4 is 21.8 Å². The second-order valence-electron chi connectivity index (χ2n) is 5.95. The first kappa shape index (κ1) is 20.7. The average molecular weight is 395 g/mol. The molecule has 3 unspecified atom stereocenters. The zero-order chi connectivity index (χ0) is 20.2. The lowest BCUT2D eigenvalue weighted by molar-refractivity contribution is -0.137. The van der Waals surface area contributed by atoms with Crippen molar-refractivity contribution in [3.8, 4) is 17.6 Å². The molecule has 0 aromatic heterocycles. The van der Waals surface area contributed by atoms with Gasteiger partial charge in [-0.25, -0.2) is 13.9 Å². The van der Waals surface area contributed by atoms with E-state index in [9.17, 15) is 18.0 Å². The SMILES string of the molecule is CC#CC(C)Oc1ccc(S(=O)(=O)N2CC(=O)NC(C)C2C(=O)NO)cc1. The number of carbonyl (C=O) groups is 2. The Balaban J connectivity index is 2.33. The lowest BCUT2D eigenvalue weighted by atomic mass is 10.1. The van der Waals surface area contributed by atoms with Crippen LogP contribution in [0, 0.1) is 11.8 Å². The van der Waals surface area contributed by atoms with Crippen LogP contribution in [0.15, 0.2) is 29.2 Å². The van der Waals surface area contributed by atoms with E-state index in [1.165, 1.54) is 36.7 Å². The van der Waals surface area contributed by atoms with E-state index in [0.29, 0.717) is 5.75 Å².